The third kappa shape index (κ3) is 3.27. The van der Waals surface area contributed by atoms with Crippen molar-refractivity contribution in [3.05, 3.63) is 43.0 Å². The van der Waals surface area contributed by atoms with Crippen molar-refractivity contribution in [3.63, 3.8) is 0 Å². The molecule has 4 nitrogen and oxygen atoms in total. The summed E-state index contributed by atoms with van der Waals surface area (Å²) in [6.45, 7) is 0. The number of hydrogen-bond acceptors (Lipinski definition) is 3. The monoisotopic (exact) mass is 267 g/mol. The first kappa shape index (κ1) is 13.0. The largest absolute Gasteiger partial charge is 0.471 e. The molecule has 1 heterocycles. The number of benzene rings is 1. The van der Waals surface area contributed by atoms with Gasteiger partial charge < -0.3 is 5.32 Å². The number of rotatable bonds is 2. The highest BCUT2D eigenvalue weighted by Crippen LogP contribution is 2.22. The molecule has 0 bridgehead atoms. The van der Waals surface area contributed by atoms with Crippen LogP contribution in [0.4, 0.5) is 18.9 Å². The number of nitrogens with one attached hydrogen (secondary N) is 1. The van der Waals surface area contributed by atoms with Gasteiger partial charge in [-0.15, -0.1) is 0 Å². The molecule has 2 rings (SSSR count). The zero-order valence-corrected chi connectivity index (χ0v) is 9.48. The number of halogens is 3. The average molecular weight is 267 g/mol. The van der Waals surface area contributed by atoms with Gasteiger partial charge in [-0.2, -0.15) is 13.2 Å². The fourth-order valence-corrected chi connectivity index (χ4v) is 1.40. The Balaban J connectivity index is 2.14. The summed E-state index contributed by atoms with van der Waals surface area (Å²) in [5.74, 6) is -2.00. The first-order valence-electron chi connectivity index (χ1n) is 5.20. The SMILES string of the molecule is O=C(Nc1ccc(-c2cncnc2)cc1)C(F)(F)F. The van der Waals surface area contributed by atoms with Crippen molar-refractivity contribution in [1.29, 1.82) is 0 Å². The lowest BCUT2D eigenvalue weighted by Crippen LogP contribution is -2.29. The molecule has 0 atom stereocenters. The molecule has 7 heteroatoms. The number of carbonyl (C=O) groups excluding carboxylic acids is 1. The van der Waals surface area contributed by atoms with Crippen molar-refractivity contribution in [2.75, 3.05) is 5.32 Å². The molecule has 1 aromatic heterocycles. The van der Waals surface area contributed by atoms with E-state index in [-0.39, 0.29) is 5.69 Å². The van der Waals surface area contributed by atoms with Gasteiger partial charge >= 0.3 is 12.1 Å². The Hall–Kier alpha value is -2.44. The van der Waals surface area contributed by atoms with E-state index in [1.54, 1.807) is 29.8 Å². The van der Waals surface area contributed by atoms with Gasteiger partial charge in [0.25, 0.3) is 0 Å². The van der Waals surface area contributed by atoms with Crippen LogP contribution in [0.5, 0.6) is 0 Å². The number of carbonyl (C=O) groups is 1. The summed E-state index contributed by atoms with van der Waals surface area (Å²) in [6, 6.07) is 5.91. The second kappa shape index (κ2) is 5.05. The molecule has 0 radical (unpaired) electrons. The van der Waals surface area contributed by atoms with Gasteiger partial charge in [-0.3, -0.25) is 4.79 Å². The molecular weight excluding hydrogens is 259 g/mol. The molecule has 19 heavy (non-hydrogen) atoms. The van der Waals surface area contributed by atoms with E-state index >= 15 is 0 Å². The zero-order chi connectivity index (χ0) is 13.9. The van der Waals surface area contributed by atoms with Crippen molar-refractivity contribution >= 4 is 11.6 Å². The Morgan fingerprint density at radius 3 is 2.11 bits per heavy atom. The van der Waals surface area contributed by atoms with E-state index in [9.17, 15) is 18.0 Å². The maximum Gasteiger partial charge on any atom is 0.471 e. The Kier molecular flexibility index (Phi) is 3.46. The Morgan fingerprint density at radius 1 is 1.00 bits per heavy atom. The zero-order valence-electron chi connectivity index (χ0n) is 9.48. The van der Waals surface area contributed by atoms with Gasteiger partial charge in [-0.1, -0.05) is 12.1 Å². The van der Waals surface area contributed by atoms with Crippen molar-refractivity contribution in [2.24, 2.45) is 0 Å². The summed E-state index contributed by atoms with van der Waals surface area (Å²) < 4.78 is 36.2. The molecular formula is C12H8F3N3O. The minimum atomic E-state index is -4.90. The van der Waals surface area contributed by atoms with Crippen molar-refractivity contribution in [3.8, 4) is 11.1 Å². The van der Waals surface area contributed by atoms with E-state index < -0.39 is 12.1 Å². The molecule has 1 aromatic carbocycles. The highest BCUT2D eigenvalue weighted by atomic mass is 19.4. The number of amides is 1. The van der Waals surface area contributed by atoms with Crippen LogP contribution < -0.4 is 5.32 Å². The molecule has 0 saturated carbocycles. The summed E-state index contributed by atoms with van der Waals surface area (Å²) in [6.07, 6.45) is -0.361. The molecule has 0 fully saturated rings. The molecule has 98 valence electrons. The van der Waals surface area contributed by atoms with E-state index in [0.29, 0.717) is 0 Å². The topological polar surface area (TPSA) is 54.9 Å². The Labute approximate surface area is 106 Å². The normalized spacial score (nSPS) is 11.1. The van der Waals surface area contributed by atoms with Gasteiger partial charge in [-0.05, 0) is 17.7 Å². The van der Waals surface area contributed by atoms with Gasteiger partial charge in [0.05, 0.1) is 0 Å². The van der Waals surface area contributed by atoms with Gasteiger partial charge in [0.1, 0.15) is 6.33 Å². The van der Waals surface area contributed by atoms with E-state index in [1.807, 2.05) is 0 Å². The van der Waals surface area contributed by atoms with Crippen molar-refractivity contribution in [2.45, 2.75) is 6.18 Å². The predicted octanol–water partition coefficient (Wildman–Crippen LogP) is 2.64. The molecule has 0 aliphatic heterocycles. The lowest BCUT2D eigenvalue weighted by Gasteiger charge is -2.08. The molecule has 2 aromatic rings. The van der Waals surface area contributed by atoms with E-state index in [4.69, 9.17) is 0 Å². The number of nitrogens with zero attached hydrogens (tertiary/aromatic N) is 2. The second-order valence-electron chi connectivity index (χ2n) is 3.66. The second-order valence-corrected chi connectivity index (χ2v) is 3.66. The highest BCUT2D eigenvalue weighted by molar-refractivity contribution is 5.95. The third-order valence-corrected chi connectivity index (χ3v) is 2.29. The molecule has 1 N–H and O–H groups in total. The lowest BCUT2D eigenvalue weighted by molar-refractivity contribution is -0.167. The van der Waals surface area contributed by atoms with Crippen LogP contribution in [0.2, 0.25) is 0 Å². The summed E-state index contributed by atoms with van der Waals surface area (Å²) in [5.41, 5.74) is 1.55. The summed E-state index contributed by atoms with van der Waals surface area (Å²) in [7, 11) is 0. The van der Waals surface area contributed by atoms with Crippen LogP contribution >= 0.6 is 0 Å². The van der Waals surface area contributed by atoms with Gasteiger partial charge in [0, 0.05) is 23.6 Å². The maximum absolute atomic E-state index is 12.1. The quantitative estimate of drug-likeness (QED) is 0.910. The fraction of sp³-hybridized carbons (Fsp3) is 0.0833. The molecule has 0 saturated heterocycles. The van der Waals surface area contributed by atoms with Crippen LogP contribution in [0.3, 0.4) is 0 Å². The van der Waals surface area contributed by atoms with E-state index in [1.165, 1.54) is 18.5 Å². The predicted molar refractivity (Wildman–Crippen MR) is 62.2 cm³/mol. The third-order valence-electron chi connectivity index (χ3n) is 2.29. The fourth-order valence-electron chi connectivity index (χ4n) is 1.40. The van der Waals surface area contributed by atoms with Gasteiger partial charge in [0.2, 0.25) is 0 Å². The Bertz CT molecular complexity index is 567. The van der Waals surface area contributed by atoms with Crippen molar-refractivity contribution in [1.82, 2.24) is 9.97 Å². The van der Waals surface area contributed by atoms with E-state index in [2.05, 4.69) is 9.97 Å². The van der Waals surface area contributed by atoms with Crippen LogP contribution in [-0.2, 0) is 4.79 Å². The molecule has 0 unspecified atom stereocenters. The minimum Gasteiger partial charge on any atom is -0.318 e. The maximum atomic E-state index is 12.1. The van der Waals surface area contributed by atoms with Crippen molar-refractivity contribution < 1.29 is 18.0 Å². The number of alkyl halides is 3. The first-order valence-corrected chi connectivity index (χ1v) is 5.20. The van der Waals surface area contributed by atoms with Crippen LogP contribution in [-0.4, -0.2) is 22.1 Å². The van der Waals surface area contributed by atoms with Gasteiger partial charge in [0.15, 0.2) is 0 Å². The summed E-state index contributed by atoms with van der Waals surface area (Å²) in [5, 5.41) is 1.77. The lowest BCUT2D eigenvalue weighted by atomic mass is 10.1. The molecule has 0 spiro atoms. The van der Waals surface area contributed by atoms with E-state index in [0.717, 1.165) is 11.1 Å². The minimum absolute atomic E-state index is 0.0722. The highest BCUT2D eigenvalue weighted by Gasteiger charge is 2.38. The standard InChI is InChI=1S/C12H8F3N3O/c13-12(14,15)11(19)18-10-3-1-8(2-4-10)9-5-16-7-17-6-9/h1-7H,(H,18,19). The molecule has 0 aliphatic rings. The first-order chi connectivity index (χ1) is 8.97. The number of hydrogen-bond donors (Lipinski definition) is 1. The smallest absolute Gasteiger partial charge is 0.318 e. The van der Waals surface area contributed by atoms with Crippen LogP contribution in [0.15, 0.2) is 43.0 Å². The molecule has 1 amide bonds. The summed E-state index contributed by atoms with van der Waals surface area (Å²) >= 11 is 0. The average Bonchev–Trinajstić information content (AvgIpc) is 2.39. The Morgan fingerprint density at radius 2 is 1.58 bits per heavy atom. The number of anilines is 1. The molecule has 0 aliphatic carbocycles. The number of aromatic nitrogens is 2. The van der Waals surface area contributed by atoms with Crippen LogP contribution in [0.25, 0.3) is 11.1 Å². The van der Waals surface area contributed by atoms with Crippen LogP contribution in [0, 0.1) is 0 Å². The van der Waals surface area contributed by atoms with Crippen LogP contribution in [0.1, 0.15) is 0 Å². The summed E-state index contributed by atoms with van der Waals surface area (Å²) in [4.78, 5) is 18.4. The van der Waals surface area contributed by atoms with Gasteiger partial charge in [-0.25, -0.2) is 9.97 Å².